The second-order valence-corrected chi connectivity index (χ2v) is 5.33. The van der Waals surface area contributed by atoms with Crippen molar-refractivity contribution in [1.29, 1.82) is 0 Å². The molecule has 0 radical (unpaired) electrons. The van der Waals surface area contributed by atoms with Crippen molar-refractivity contribution in [3.63, 3.8) is 0 Å². The third-order valence-corrected chi connectivity index (χ3v) is 2.52. The van der Waals surface area contributed by atoms with Gasteiger partial charge in [0.15, 0.2) is 0 Å². The molecule has 0 saturated carbocycles. The summed E-state index contributed by atoms with van der Waals surface area (Å²) in [6.45, 7) is 7.84. The van der Waals surface area contributed by atoms with E-state index < -0.39 is 11.6 Å². The molecule has 1 aromatic rings. The lowest BCUT2D eigenvalue weighted by molar-refractivity contribution is 0.175. The van der Waals surface area contributed by atoms with Crippen LogP contribution >= 0.6 is 0 Å². The van der Waals surface area contributed by atoms with Crippen LogP contribution in [0.1, 0.15) is 39.8 Å². The minimum absolute atomic E-state index is 0.175. The molecular weight excluding hydrogens is 206 g/mol. The fourth-order valence-corrected chi connectivity index (χ4v) is 2.17. The zero-order chi connectivity index (χ0) is 12.4. The highest BCUT2D eigenvalue weighted by Crippen LogP contribution is 2.30. The summed E-state index contributed by atoms with van der Waals surface area (Å²) < 4.78 is 0. The van der Waals surface area contributed by atoms with Crippen LogP contribution in [0.15, 0.2) is 12.3 Å². The number of nitrogens with one attached hydrogen (secondary N) is 2. The summed E-state index contributed by atoms with van der Waals surface area (Å²) in [7, 11) is 0. The SMILES string of the molecule is CC(C)(CC(C)(C)c1cc[nH]n1)NC(=O)O. The van der Waals surface area contributed by atoms with E-state index in [1.165, 1.54) is 0 Å². The second kappa shape index (κ2) is 4.15. The minimum Gasteiger partial charge on any atom is -0.465 e. The van der Waals surface area contributed by atoms with Crippen molar-refractivity contribution < 1.29 is 9.90 Å². The van der Waals surface area contributed by atoms with Gasteiger partial charge in [-0.3, -0.25) is 5.10 Å². The molecule has 0 unspecified atom stereocenters. The van der Waals surface area contributed by atoms with Gasteiger partial charge in [0.2, 0.25) is 0 Å². The summed E-state index contributed by atoms with van der Waals surface area (Å²) in [6.07, 6.45) is 1.45. The third kappa shape index (κ3) is 3.25. The largest absolute Gasteiger partial charge is 0.465 e. The van der Waals surface area contributed by atoms with E-state index in [0.29, 0.717) is 6.42 Å². The number of amides is 1. The summed E-state index contributed by atoms with van der Waals surface area (Å²) in [5.41, 5.74) is 0.285. The van der Waals surface area contributed by atoms with Crippen LogP contribution in [0.5, 0.6) is 0 Å². The lowest BCUT2D eigenvalue weighted by atomic mass is 9.78. The number of carboxylic acid groups (broad SMARTS) is 1. The van der Waals surface area contributed by atoms with Gasteiger partial charge in [-0.1, -0.05) is 13.8 Å². The maximum Gasteiger partial charge on any atom is 0.405 e. The Bertz CT molecular complexity index is 355. The van der Waals surface area contributed by atoms with Crippen molar-refractivity contribution in [2.75, 3.05) is 0 Å². The maximum atomic E-state index is 10.7. The van der Waals surface area contributed by atoms with E-state index >= 15 is 0 Å². The molecule has 0 aliphatic carbocycles. The number of nitrogens with zero attached hydrogens (tertiary/aromatic N) is 1. The molecule has 90 valence electrons. The molecule has 0 fully saturated rings. The van der Waals surface area contributed by atoms with Gasteiger partial charge in [0.05, 0.1) is 5.69 Å². The van der Waals surface area contributed by atoms with Crippen molar-refractivity contribution >= 4 is 6.09 Å². The number of rotatable bonds is 4. The van der Waals surface area contributed by atoms with Crippen LogP contribution in [0.25, 0.3) is 0 Å². The molecule has 1 aromatic heterocycles. The molecule has 0 bridgehead atoms. The molecule has 1 amide bonds. The Morgan fingerprint density at radius 1 is 1.50 bits per heavy atom. The standard InChI is InChI=1S/C11H19N3O2/c1-10(2,8-5-6-12-14-8)7-11(3,4)13-9(15)16/h5-6,13H,7H2,1-4H3,(H,12,14)(H,15,16). The predicted molar refractivity (Wildman–Crippen MR) is 61.5 cm³/mol. The molecule has 5 nitrogen and oxygen atoms in total. The van der Waals surface area contributed by atoms with E-state index in [2.05, 4.69) is 29.4 Å². The first-order chi connectivity index (χ1) is 7.23. The zero-order valence-electron chi connectivity index (χ0n) is 10.2. The summed E-state index contributed by atoms with van der Waals surface area (Å²) >= 11 is 0. The van der Waals surface area contributed by atoms with Crippen LogP contribution in [0, 0.1) is 0 Å². The molecule has 0 aliphatic heterocycles. The highest BCUT2D eigenvalue weighted by atomic mass is 16.4. The van der Waals surface area contributed by atoms with Crippen LogP contribution in [0.4, 0.5) is 4.79 Å². The lowest BCUT2D eigenvalue weighted by Crippen LogP contribution is -2.46. The van der Waals surface area contributed by atoms with Gasteiger partial charge in [0, 0.05) is 17.2 Å². The quantitative estimate of drug-likeness (QED) is 0.734. The highest BCUT2D eigenvalue weighted by molar-refractivity contribution is 5.65. The average Bonchev–Trinajstić information content (AvgIpc) is 2.48. The summed E-state index contributed by atoms with van der Waals surface area (Å²) in [5.74, 6) is 0. The summed E-state index contributed by atoms with van der Waals surface area (Å²) in [5, 5.41) is 18.2. The van der Waals surface area contributed by atoms with Gasteiger partial charge >= 0.3 is 6.09 Å². The number of hydrogen-bond acceptors (Lipinski definition) is 2. The van der Waals surface area contributed by atoms with E-state index in [-0.39, 0.29) is 5.41 Å². The molecule has 5 heteroatoms. The van der Waals surface area contributed by atoms with Crippen LogP contribution in [-0.2, 0) is 5.41 Å². The smallest absolute Gasteiger partial charge is 0.405 e. The first-order valence-electron chi connectivity index (χ1n) is 5.24. The van der Waals surface area contributed by atoms with Crippen molar-refractivity contribution in [2.24, 2.45) is 0 Å². The first kappa shape index (κ1) is 12.5. The van der Waals surface area contributed by atoms with E-state index in [0.717, 1.165) is 5.69 Å². The minimum atomic E-state index is -0.997. The molecule has 0 atom stereocenters. The van der Waals surface area contributed by atoms with Crippen LogP contribution in [0.3, 0.4) is 0 Å². The number of H-pyrrole nitrogens is 1. The number of aromatic nitrogens is 2. The van der Waals surface area contributed by atoms with Crippen molar-refractivity contribution in [2.45, 2.75) is 45.1 Å². The highest BCUT2D eigenvalue weighted by Gasteiger charge is 2.32. The van der Waals surface area contributed by atoms with E-state index in [1.807, 2.05) is 19.9 Å². The third-order valence-electron chi connectivity index (χ3n) is 2.52. The Morgan fingerprint density at radius 2 is 2.12 bits per heavy atom. The molecule has 0 aromatic carbocycles. The fourth-order valence-electron chi connectivity index (χ4n) is 2.17. The van der Waals surface area contributed by atoms with Gasteiger partial charge in [0.25, 0.3) is 0 Å². The van der Waals surface area contributed by atoms with Crippen molar-refractivity contribution in [1.82, 2.24) is 15.5 Å². The van der Waals surface area contributed by atoms with E-state index in [4.69, 9.17) is 5.11 Å². The van der Waals surface area contributed by atoms with Gasteiger partial charge in [-0.05, 0) is 26.3 Å². The zero-order valence-corrected chi connectivity index (χ0v) is 10.2. The van der Waals surface area contributed by atoms with Crippen LogP contribution < -0.4 is 5.32 Å². The van der Waals surface area contributed by atoms with Gasteiger partial charge < -0.3 is 10.4 Å². The Labute approximate surface area is 95.3 Å². The second-order valence-electron chi connectivity index (χ2n) is 5.33. The van der Waals surface area contributed by atoms with Crippen molar-refractivity contribution in [3.05, 3.63) is 18.0 Å². The maximum absolute atomic E-state index is 10.7. The van der Waals surface area contributed by atoms with Crippen LogP contribution in [0.2, 0.25) is 0 Å². The summed E-state index contributed by atoms with van der Waals surface area (Å²) in [4.78, 5) is 10.7. The molecular formula is C11H19N3O2. The molecule has 1 heterocycles. The Kier molecular flexibility index (Phi) is 3.26. The van der Waals surface area contributed by atoms with E-state index in [9.17, 15) is 4.79 Å². The molecule has 1 rings (SSSR count). The number of carbonyl (C=O) groups is 1. The first-order valence-corrected chi connectivity index (χ1v) is 5.24. The number of aromatic amines is 1. The molecule has 16 heavy (non-hydrogen) atoms. The summed E-state index contributed by atoms with van der Waals surface area (Å²) in [6, 6.07) is 1.91. The molecule has 0 aliphatic rings. The van der Waals surface area contributed by atoms with Gasteiger partial charge in [-0.25, -0.2) is 4.79 Å². The Morgan fingerprint density at radius 3 is 2.56 bits per heavy atom. The lowest BCUT2D eigenvalue weighted by Gasteiger charge is -2.33. The van der Waals surface area contributed by atoms with Gasteiger partial charge in [0.1, 0.15) is 0 Å². The van der Waals surface area contributed by atoms with Gasteiger partial charge in [-0.2, -0.15) is 5.10 Å². The Balaban J connectivity index is 2.76. The average molecular weight is 225 g/mol. The monoisotopic (exact) mass is 225 g/mol. The topological polar surface area (TPSA) is 78.0 Å². The molecule has 0 saturated heterocycles. The van der Waals surface area contributed by atoms with Crippen LogP contribution in [-0.4, -0.2) is 26.9 Å². The van der Waals surface area contributed by atoms with E-state index in [1.54, 1.807) is 6.20 Å². The Hall–Kier alpha value is -1.52. The normalized spacial score (nSPS) is 12.5. The van der Waals surface area contributed by atoms with Gasteiger partial charge in [-0.15, -0.1) is 0 Å². The molecule has 0 spiro atoms. The fraction of sp³-hybridized carbons (Fsp3) is 0.636. The predicted octanol–water partition coefficient (Wildman–Crippen LogP) is 2.12. The molecule has 3 N–H and O–H groups in total. The number of hydrogen-bond donors (Lipinski definition) is 3. The van der Waals surface area contributed by atoms with Crippen molar-refractivity contribution in [3.8, 4) is 0 Å².